The third-order valence-corrected chi connectivity index (χ3v) is 2.51. The predicted molar refractivity (Wildman–Crippen MR) is 70.3 cm³/mol. The Hall–Kier alpha value is -2.15. The van der Waals surface area contributed by atoms with Crippen LogP contribution in [-0.4, -0.2) is 6.29 Å². The largest absolute Gasteiger partial charge is 0.285 e. The normalized spacial score (nSPS) is 11.2. The van der Waals surface area contributed by atoms with E-state index in [1.807, 2.05) is 73.0 Å². The van der Waals surface area contributed by atoms with Crippen molar-refractivity contribution in [1.82, 2.24) is 0 Å². The molecule has 0 N–H and O–H groups in total. The van der Waals surface area contributed by atoms with Crippen molar-refractivity contribution in [2.75, 3.05) is 0 Å². The quantitative estimate of drug-likeness (QED) is 0.723. The van der Waals surface area contributed by atoms with Crippen molar-refractivity contribution in [3.63, 3.8) is 0 Å². The summed E-state index contributed by atoms with van der Waals surface area (Å²) in [6.07, 6.45) is 4.51. The van der Waals surface area contributed by atoms with E-state index in [0.29, 0.717) is 12.0 Å². The molecule has 1 nitrogen and oxygen atoms in total. The van der Waals surface area contributed by atoms with Crippen molar-refractivity contribution >= 4 is 12.4 Å². The van der Waals surface area contributed by atoms with Gasteiger partial charge in [-0.05, 0) is 17.2 Å². The van der Waals surface area contributed by atoms with E-state index in [2.05, 4.69) is 0 Å². The highest BCUT2D eigenvalue weighted by molar-refractivity contribution is 5.82. The first-order valence-electron chi connectivity index (χ1n) is 5.56. The van der Waals surface area contributed by atoms with Crippen LogP contribution < -0.4 is 0 Å². The van der Waals surface area contributed by atoms with Crippen LogP contribution in [0.5, 0.6) is 0 Å². The number of rotatable bonds is 4. The van der Waals surface area contributed by atoms with Gasteiger partial charge in [0.25, 0.3) is 0 Å². The Balaban J connectivity index is 2.18. The lowest BCUT2D eigenvalue weighted by Crippen LogP contribution is -1.91. The fourth-order valence-corrected chi connectivity index (χ4v) is 1.68. The van der Waals surface area contributed by atoms with E-state index in [0.717, 1.165) is 11.1 Å². The van der Waals surface area contributed by atoms with E-state index in [4.69, 9.17) is 0 Å². The fraction of sp³-hybridized carbons (Fsp3) is 0.0625. The van der Waals surface area contributed by atoms with Crippen molar-refractivity contribution in [3.8, 4) is 0 Å². The molecule has 0 amide bonds. The summed E-state index contributed by atoms with van der Waals surface area (Å²) >= 11 is 0. The highest BCUT2D eigenvalue weighted by Crippen LogP contribution is 2.10. The molecule has 0 saturated heterocycles. The van der Waals surface area contributed by atoms with Gasteiger partial charge in [0.05, 0.1) is 0 Å². The lowest BCUT2D eigenvalue weighted by molar-refractivity contribution is 0.561. The molecule has 83 valence electrons. The van der Waals surface area contributed by atoms with Crippen molar-refractivity contribution in [2.45, 2.75) is 6.42 Å². The van der Waals surface area contributed by atoms with Gasteiger partial charge in [-0.15, -0.1) is 0 Å². The Bertz CT molecular complexity index is 498. The summed E-state index contributed by atoms with van der Waals surface area (Å²) in [5.41, 5.74) is 2.82. The Kier molecular flexibility index (Phi) is 3.87. The van der Waals surface area contributed by atoms with Crippen molar-refractivity contribution in [3.05, 3.63) is 77.4 Å². The van der Waals surface area contributed by atoms with Crippen LogP contribution in [0.3, 0.4) is 0 Å². The highest BCUT2D eigenvalue weighted by Gasteiger charge is 1.99. The van der Waals surface area contributed by atoms with Gasteiger partial charge in [-0.1, -0.05) is 60.7 Å². The zero-order valence-electron chi connectivity index (χ0n) is 9.47. The standard InChI is InChI=1S/C16H13O/c17-13-16(11-14-7-3-1-4-8-14)12-15-9-5-2-6-10-15/h1-11H,12H2. The monoisotopic (exact) mass is 221 g/mol. The maximum Gasteiger partial charge on any atom is 0.229 e. The van der Waals surface area contributed by atoms with Gasteiger partial charge in [0.2, 0.25) is 6.29 Å². The molecule has 0 unspecified atom stereocenters. The van der Waals surface area contributed by atoms with Gasteiger partial charge in [0.1, 0.15) is 0 Å². The summed E-state index contributed by atoms with van der Waals surface area (Å²) in [7, 11) is 0. The van der Waals surface area contributed by atoms with Crippen LogP contribution in [0.2, 0.25) is 0 Å². The van der Waals surface area contributed by atoms with E-state index in [1.165, 1.54) is 0 Å². The summed E-state index contributed by atoms with van der Waals surface area (Å²) in [6, 6.07) is 19.7. The Morgan fingerprint density at radius 3 is 2.12 bits per heavy atom. The molecule has 0 saturated carbocycles. The van der Waals surface area contributed by atoms with Gasteiger partial charge < -0.3 is 0 Å². The molecule has 0 bridgehead atoms. The summed E-state index contributed by atoms with van der Waals surface area (Å²) in [6.45, 7) is 0. The van der Waals surface area contributed by atoms with Crippen molar-refractivity contribution in [2.24, 2.45) is 0 Å². The minimum Gasteiger partial charge on any atom is -0.285 e. The van der Waals surface area contributed by atoms with Crippen LogP contribution in [0.15, 0.2) is 66.2 Å². The Labute approximate surface area is 101 Å². The molecule has 17 heavy (non-hydrogen) atoms. The molecule has 0 atom stereocenters. The molecule has 0 aromatic heterocycles. The molecule has 1 heteroatoms. The van der Waals surface area contributed by atoms with E-state index >= 15 is 0 Å². The van der Waals surface area contributed by atoms with E-state index in [-0.39, 0.29) is 0 Å². The van der Waals surface area contributed by atoms with Crippen LogP contribution in [0.25, 0.3) is 6.08 Å². The Morgan fingerprint density at radius 1 is 0.941 bits per heavy atom. The van der Waals surface area contributed by atoms with Gasteiger partial charge in [-0.3, -0.25) is 4.79 Å². The van der Waals surface area contributed by atoms with Crippen LogP contribution in [0.1, 0.15) is 11.1 Å². The lowest BCUT2D eigenvalue weighted by Gasteiger charge is -2.00. The van der Waals surface area contributed by atoms with Gasteiger partial charge in [-0.2, -0.15) is 0 Å². The molecule has 2 aromatic carbocycles. The van der Waals surface area contributed by atoms with Crippen LogP contribution in [0.4, 0.5) is 0 Å². The van der Waals surface area contributed by atoms with Crippen LogP contribution >= 0.6 is 0 Å². The van der Waals surface area contributed by atoms with E-state index in [1.54, 1.807) is 0 Å². The lowest BCUT2D eigenvalue weighted by atomic mass is 10.0. The number of hydrogen-bond acceptors (Lipinski definition) is 1. The third kappa shape index (κ3) is 3.42. The van der Waals surface area contributed by atoms with E-state index < -0.39 is 0 Å². The fourth-order valence-electron chi connectivity index (χ4n) is 1.68. The number of hydrogen-bond donors (Lipinski definition) is 0. The number of allylic oxidation sites excluding steroid dienone is 1. The molecule has 0 heterocycles. The molecule has 0 aliphatic rings. The maximum atomic E-state index is 10.9. The van der Waals surface area contributed by atoms with Crippen molar-refractivity contribution < 1.29 is 4.79 Å². The highest BCUT2D eigenvalue weighted by atomic mass is 16.1. The van der Waals surface area contributed by atoms with Gasteiger partial charge >= 0.3 is 0 Å². The summed E-state index contributed by atoms with van der Waals surface area (Å²) < 4.78 is 0. The molecule has 2 rings (SSSR count). The first-order chi connectivity index (χ1) is 8.38. The summed E-state index contributed by atoms with van der Waals surface area (Å²) in [5.74, 6) is 0. The predicted octanol–water partition coefficient (Wildman–Crippen LogP) is 3.42. The first kappa shape index (κ1) is 11.3. The first-order valence-corrected chi connectivity index (χ1v) is 5.56. The number of benzene rings is 2. The van der Waals surface area contributed by atoms with Gasteiger partial charge in [-0.25, -0.2) is 0 Å². The zero-order chi connectivity index (χ0) is 11.9. The topological polar surface area (TPSA) is 17.1 Å². The molecule has 0 aliphatic heterocycles. The number of carbonyl (C=O) groups excluding carboxylic acids is 1. The second kappa shape index (κ2) is 5.80. The third-order valence-electron chi connectivity index (χ3n) is 2.51. The van der Waals surface area contributed by atoms with Crippen LogP contribution in [0, 0.1) is 0 Å². The molecular formula is C16H13O. The van der Waals surface area contributed by atoms with Crippen molar-refractivity contribution in [1.29, 1.82) is 0 Å². The molecule has 0 fully saturated rings. The summed E-state index contributed by atoms with van der Waals surface area (Å²) in [4.78, 5) is 10.9. The minimum atomic E-state index is 0.624. The van der Waals surface area contributed by atoms with Gasteiger partial charge in [0.15, 0.2) is 0 Å². The summed E-state index contributed by atoms with van der Waals surface area (Å²) in [5, 5.41) is 0. The molecule has 0 aliphatic carbocycles. The SMILES string of the molecule is O=[C]C(=Cc1ccccc1)Cc1ccccc1. The average Bonchev–Trinajstić information content (AvgIpc) is 2.40. The molecule has 1 radical (unpaired) electrons. The zero-order valence-corrected chi connectivity index (χ0v) is 9.47. The van der Waals surface area contributed by atoms with Gasteiger partial charge in [0, 0.05) is 12.0 Å². The van der Waals surface area contributed by atoms with Crippen LogP contribution in [-0.2, 0) is 11.2 Å². The van der Waals surface area contributed by atoms with E-state index in [9.17, 15) is 4.79 Å². The average molecular weight is 221 g/mol. The molecular weight excluding hydrogens is 208 g/mol. The smallest absolute Gasteiger partial charge is 0.229 e. The second-order valence-corrected chi connectivity index (χ2v) is 3.84. The molecule has 0 spiro atoms. The molecule has 2 aromatic rings. The second-order valence-electron chi connectivity index (χ2n) is 3.84. The minimum absolute atomic E-state index is 0.624. The Morgan fingerprint density at radius 2 is 1.53 bits per heavy atom. The maximum absolute atomic E-state index is 10.9.